The smallest absolute Gasteiger partial charge is 0.244 e. The van der Waals surface area contributed by atoms with Crippen molar-refractivity contribution in [1.82, 2.24) is 9.88 Å². The molecule has 0 unspecified atom stereocenters. The standard InChI is InChI=1S/C20H22BrN3O3S2/c1-14-4-7-16(8-5-14)29(26,27)13-19(25)24(11-10-23(2)3)20-22-17-9-6-15(21)12-18(17)28-20/h4-9,12H,10-11,13H2,1-3H3. The molecule has 29 heavy (non-hydrogen) atoms. The molecule has 0 aliphatic carbocycles. The summed E-state index contributed by atoms with van der Waals surface area (Å²) >= 11 is 4.81. The molecule has 1 heterocycles. The highest BCUT2D eigenvalue weighted by molar-refractivity contribution is 9.10. The number of nitrogens with zero attached hydrogens (tertiary/aromatic N) is 3. The highest BCUT2D eigenvalue weighted by Gasteiger charge is 2.26. The van der Waals surface area contributed by atoms with E-state index < -0.39 is 21.5 Å². The monoisotopic (exact) mass is 495 g/mol. The number of aromatic nitrogens is 1. The van der Waals surface area contributed by atoms with Crippen molar-refractivity contribution >= 4 is 58.4 Å². The van der Waals surface area contributed by atoms with Gasteiger partial charge in [0.1, 0.15) is 5.75 Å². The van der Waals surface area contributed by atoms with Crippen molar-refractivity contribution in [2.24, 2.45) is 0 Å². The molecular weight excluding hydrogens is 474 g/mol. The topological polar surface area (TPSA) is 70.6 Å². The number of rotatable bonds is 7. The Bertz CT molecular complexity index is 1130. The van der Waals surface area contributed by atoms with Gasteiger partial charge in [0.25, 0.3) is 0 Å². The first kappa shape index (κ1) is 21.9. The molecule has 154 valence electrons. The number of amides is 1. The van der Waals surface area contributed by atoms with Crippen molar-refractivity contribution in [3.05, 3.63) is 52.5 Å². The second-order valence-corrected chi connectivity index (χ2v) is 10.9. The number of sulfone groups is 1. The molecule has 0 spiro atoms. The third-order valence-corrected chi connectivity index (χ3v) is 7.49. The van der Waals surface area contributed by atoms with Crippen molar-refractivity contribution in [1.29, 1.82) is 0 Å². The number of halogens is 1. The van der Waals surface area contributed by atoms with Gasteiger partial charge in [0.2, 0.25) is 5.91 Å². The van der Waals surface area contributed by atoms with Crippen molar-refractivity contribution in [2.75, 3.05) is 37.8 Å². The quantitative estimate of drug-likeness (QED) is 0.499. The van der Waals surface area contributed by atoms with E-state index >= 15 is 0 Å². The number of hydrogen-bond acceptors (Lipinski definition) is 6. The first-order valence-electron chi connectivity index (χ1n) is 8.96. The van der Waals surface area contributed by atoms with Crippen LogP contribution in [0.3, 0.4) is 0 Å². The molecule has 0 fully saturated rings. The zero-order valence-corrected chi connectivity index (χ0v) is 19.6. The maximum absolute atomic E-state index is 13.0. The molecular formula is C20H22BrN3O3S2. The van der Waals surface area contributed by atoms with E-state index in [0.29, 0.717) is 18.2 Å². The molecule has 1 amide bonds. The van der Waals surface area contributed by atoms with Crippen LogP contribution in [0.2, 0.25) is 0 Å². The maximum atomic E-state index is 13.0. The molecule has 0 atom stereocenters. The van der Waals surface area contributed by atoms with Gasteiger partial charge >= 0.3 is 0 Å². The summed E-state index contributed by atoms with van der Waals surface area (Å²) < 4.78 is 27.4. The Labute approximate surface area is 183 Å². The largest absolute Gasteiger partial charge is 0.308 e. The summed E-state index contributed by atoms with van der Waals surface area (Å²) in [6.07, 6.45) is 0. The van der Waals surface area contributed by atoms with E-state index in [1.807, 2.05) is 44.1 Å². The van der Waals surface area contributed by atoms with Gasteiger partial charge in [-0.1, -0.05) is 45.0 Å². The summed E-state index contributed by atoms with van der Waals surface area (Å²) in [6.45, 7) is 2.84. The number of hydrogen-bond donors (Lipinski definition) is 0. The minimum absolute atomic E-state index is 0.150. The van der Waals surface area contributed by atoms with Crippen LogP contribution < -0.4 is 4.90 Å². The van der Waals surface area contributed by atoms with E-state index in [9.17, 15) is 13.2 Å². The molecule has 0 saturated carbocycles. The fourth-order valence-electron chi connectivity index (χ4n) is 2.70. The highest BCUT2D eigenvalue weighted by atomic mass is 79.9. The summed E-state index contributed by atoms with van der Waals surface area (Å²) in [5.74, 6) is -1.08. The van der Waals surface area contributed by atoms with Crippen molar-refractivity contribution in [3.63, 3.8) is 0 Å². The molecule has 3 rings (SSSR count). The van der Waals surface area contributed by atoms with Gasteiger partial charge in [-0.3, -0.25) is 9.69 Å². The molecule has 6 nitrogen and oxygen atoms in total. The van der Waals surface area contributed by atoms with Gasteiger partial charge in [-0.15, -0.1) is 0 Å². The fourth-order valence-corrected chi connectivity index (χ4v) is 5.46. The SMILES string of the molecule is Cc1ccc(S(=O)(=O)CC(=O)N(CCN(C)C)c2nc3ccc(Br)cc3s2)cc1. The van der Waals surface area contributed by atoms with Gasteiger partial charge < -0.3 is 4.90 Å². The van der Waals surface area contributed by atoms with Crippen LogP contribution in [0.4, 0.5) is 5.13 Å². The second-order valence-electron chi connectivity index (χ2n) is 7.03. The van der Waals surface area contributed by atoms with Crippen LogP contribution in [0.5, 0.6) is 0 Å². The number of carbonyl (C=O) groups is 1. The average molecular weight is 496 g/mol. The summed E-state index contributed by atoms with van der Waals surface area (Å²) in [6, 6.07) is 12.2. The first-order valence-corrected chi connectivity index (χ1v) is 12.2. The first-order chi connectivity index (χ1) is 13.7. The summed E-state index contributed by atoms with van der Waals surface area (Å²) in [5, 5.41) is 0.504. The van der Waals surface area contributed by atoms with Crippen LogP contribution in [-0.2, 0) is 14.6 Å². The third kappa shape index (κ3) is 5.42. The van der Waals surface area contributed by atoms with Crippen LogP contribution in [0.25, 0.3) is 10.2 Å². The number of aryl methyl sites for hydroxylation is 1. The van der Waals surface area contributed by atoms with Gasteiger partial charge in [0, 0.05) is 17.6 Å². The van der Waals surface area contributed by atoms with E-state index in [4.69, 9.17) is 0 Å². The Morgan fingerprint density at radius 2 is 1.79 bits per heavy atom. The van der Waals surface area contributed by atoms with Crippen LogP contribution in [0.1, 0.15) is 5.56 Å². The van der Waals surface area contributed by atoms with Crippen LogP contribution in [0, 0.1) is 6.92 Å². The van der Waals surface area contributed by atoms with E-state index in [1.54, 1.807) is 12.1 Å². The average Bonchev–Trinajstić information content (AvgIpc) is 3.04. The molecule has 0 N–H and O–H groups in total. The molecule has 3 aromatic rings. The molecule has 0 aliphatic heterocycles. The predicted molar refractivity (Wildman–Crippen MR) is 121 cm³/mol. The third-order valence-electron chi connectivity index (χ3n) is 4.34. The van der Waals surface area contributed by atoms with Crippen LogP contribution in [-0.4, -0.2) is 57.1 Å². The molecule has 2 aromatic carbocycles. The summed E-state index contributed by atoms with van der Waals surface area (Å²) in [7, 11) is 0.0678. The van der Waals surface area contributed by atoms with Gasteiger partial charge in [-0.25, -0.2) is 13.4 Å². The van der Waals surface area contributed by atoms with Crippen LogP contribution >= 0.6 is 27.3 Å². The Hall–Kier alpha value is -1.81. The Morgan fingerprint density at radius 1 is 1.10 bits per heavy atom. The van der Waals surface area contributed by atoms with Gasteiger partial charge in [0.05, 0.1) is 15.1 Å². The lowest BCUT2D eigenvalue weighted by Gasteiger charge is -2.22. The Morgan fingerprint density at radius 3 is 2.45 bits per heavy atom. The number of fused-ring (bicyclic) bond motifs is 1. The minimum Gasteiger partial charge on any atom is -0.308 e. The van der Waals surface area contributed by atoms with E-state index in [1.165, 1.54) is 28.4 Å². The minimum atomic E-state index is -3.74. The van der Waals surface area contributed by atoms with E-state index in [-0.39, 0.29) is 4.90 Å². The molecule has 0 saturated heterocycles. The van der Waals surface area contributed by atoms with Crippen molar-refractivity contribution in [2.45, 2.75) is 11.8 Å². The zero-order chi connectivity index (χ0) is 21.2. The van der Waals surface area contributed by atoms with Gasteiger partial charge in [-0.05, 0) is 51.4 Å². The second kappa shape index (κ2) is 8.91. The maximum Gasteiger partial charge on any atom is 0.244 e. The van der Waals surface area contributed by atoms with Gasteiger partial charge in [-0.2, -0.15) is 0 Å². The number of likely N-dealkylation sites (N-methyl/N-ethyl adjacent to an activating group) is 1. The predicted octanol–water partition coefficient (Wildman–Crippen LogP) is 3.74. The normalized spacial score (nSPS) is 11.9. The summed E-state index contributed by atoms with van der Waals surface area (Å²) in [4.78, 5) is 21.2. The highest BCUT2D eigenvalue weighted by Crippen LogP contribution is 2.31. The van der Waals surface area contributed by atoms with E-state index in [0.717, 1.165) is 20.3 Å². The van der Waals surface area contributed by atoms with Crippen LogP contribution in [0.15, 0.2) is 51.8 Å². The number of carbonyl (C=O) groups excluding carboxylic acids is 1. The fraction of sp³-hybridized carbons (Fsp3) is 0.300. The van der Waals surface area contributed by atoms with Crippen molar-refractivity contribution in [3.8, 4) is 0 Å². The number of benzene rings is 2. The van der Waals surface area contributed by atoms with Gasteiger partial charge in [0.15, 0.2) is 15.0 Å². The molecule has 1 aromatic heterocycles. The molecule has 0 bridgehead atoms. The lowest BCUT2D eigenvalue weighted by Crippen LogP contribution is -2.40. The molecule has 9 heteroatoms. The number of anilines is 1. The zero-order valence-electron chi connectivity index (χ0n) is 16.4. The number of thiazole rings is 1. The lowest BCUT2D eigenvalue weighted by molar-refractivity contribution is -0.116. The Kier molecular flexibility index (Phi) is 6.72. The molecule has 0 aliphatic rings. The van der Waals surface area contributed by atoms with Crippen molar-refractivity contribution < 1.29 is 13.2 Å². The lowest BCUT2D eigenvalue weighted by atomic mass is 10.2. The van der Waals surface area contributed by atoms with E-state index in [2.05, 4.69) is 20.9 Å². The summed E-state index contributed by atoms with van der Waals surface area (Å²) in [5.41, 5.74) is 1.74. The molecule has 0 radical (unpaired) electrons. The Balaban J connectivity index is 1.90.